The lowest BCUT2D eigenvalue weighted by molar-refractivity contribution is 0.115. The van der Waals surface area contributed by atoms with Gasteiger partial charge in [-0.3, -0.25) is 0 Å². The Bertz CT molecular complexity index is 255. The first-order chi connectivity index (χ1) is 7.01. The molecule has 0 aromatic heterocycles. The summed E-state index contributed by atoms with van der Waals surface area (Å²) in [5, 5.41) is 0. The van der Waals surface area contributed by atoms with Gasteiger partial charge in [-0.2, -0.15) is 0 Å². The van der Waals surface area contributed by atoms with E-state index in [-0.39, 0.29) is 0 Å². The van der Waals surface area contributed by atoms with Crippen molar-refractivity contribution in [3.05, 3.63) is 11.6 Å². The molecule has 0 N–H and O–H groups in total. The van der Waals surface area contributed by atoms with E-state index in [0.29, 0.717) is 5.41 Å². The molecule has 2 aliphatic rings. The fourth-order valence-electron chi connectivity index (χ4n) is 4.13. The van der Waals surface area contributed by atoms with Gasteiger partial charge in [-0.15, -0.1) is 0 Å². The zero-order chi connectivity index (χ0) is 11.1. The van der Waals surface area contributed by atoms with Crippen molar-refractivity contribution < 1.29 is 0 Å². The molecule has 2 rings (SSSR count). The summed E-state index contributed by atoms with van der Waals surface area (Å²) >= 11 is 0. The third-order valence-corrected chi connectivity index (χ3v) is 5.08. The largest absolute Gasteiger partial charge is 0.0859 e. The molecule has 0 unspecified atom stereocenters. The van der Waals surface area contributed by atoms with Gasteiger partial charge in [-0.05, 0) is 69.1 Å². The van der Waals surface area contributed by atoms with Crippen LogP contribution in [0, 0.1) is 23.2 Å². The summed E-state index contributed by atoms with van der Waals surface area (Å²) in [5.74, 6) is 3.11. The molecule has 2 fully saturated rings. The van der Waals surface area contributed by atoms with Crippen LogP contribution in [0.1, 0.15) is 59.8 Å². The molecule has 0 aromatic rings. The molecule has 86 valence electrons. The number of allylic oxidation sites excluding steroid dienone is 2. The quantitative estimate of drug-likeness (QED) is 0.582. The van der Waals surface area contributed by atoms with Gasteiger partial charge in [-0.25, -0.2) is 0 Å². The zero-order valence-corrected chi connectivity index (χ0v) is 10.8. The molecule has 0 heterocycles. The highest BCUT2D eigenvalue weighted by Crippen LogP contribution is 2.60. The summed E-state index contributed by atoms with van der Waals surface area (Å²) in [6.45, 7) is 9.46. The number of rotatable bonds is 3. The fraction of sp³-hybridized carbons (Fsp3) is 0.867. The molecule has 0 nitrogen and oxygen atoms in total. The summed E-state index contributed by atoms with van der Waals surface area (Å²) in [6.07, 6.45) is 9.72. The topological polar surface area (TPSA) is 0 Å². The smallest absolute Gasteiger partial charge is 0.0295 e. The maximum Gasteiger partial charge on any atom is -0.0295 e. The maximum absolute atomic E-state index is 2.52. The minimum absolute atomic E-state index is 0.637. The highest BCUT2D eigenvalue weighted by molar-refractivity contribution is 5.03. The van der Waals surface area contributed by atoms with Gasteiger partial charge in [0, 0.05) is 0 Å². The molecule has 15 heavy (non-hydrogen) atoms. The second-order valence-corrected chi connectivity index (χ2v) is 6.56. The minimum atomic E-state index is 0.637. The Morgan fingerprint density at radius 2 is 2.00 bits per heavy atom. The third-order valence-electron chi connectivity index (χ3n) is 5.08. The average molecular weight is 206 g/mol. The molecule has 0 aromatic carbocycles. The van der Waals surface area contributed by atoms with E-state index < -0.39 is 0 Å². The van der Waals surface area contributed by atoms with Crippen molar-refractivity contribution in [2.24, 2.45) is 23.2 Å². The van der Waals surface area contributed by atoms with Gasteiger partial charge >= 0.3 is 0 Å². The van der Waals surface area contributed by atoms with Crippen LogP contribution in [0.3, 0.4) is 0 Å². The highest BCUT2D eigenvalue weighted by Gasteiger charge is 2.51. The molecule has 2 saturated carbocycles. The average Bonchev–Trinajstić information content (AvgIpc) is 2.66. The van der Waals surface area contributed by atoms with Gasteiger partial charge in [0.25, 0.3) is 0 Å². The SMILES string of the molecule is CC(C)=CCC[C@@H]1[C@H]2CC[C@H](C2)C1(C)C. The van der Waals surface area contributed by atoms with Gasteiger partial charge in [-0.1, -0.05) is 25.5 Å². The Labute approximate surface area is 95.1 Å². The van der Waals surface area contributed by atoms with Gasteiger partial charge in [0.15, 0.2) is 0 Å². The van der Waals surface area contributed by atoms with Gasteiger partial charge < -0.3 is 0 Å². The van der Waals surface area contributed by atoms with E-state index in [1.807, 2.05) is 0 Å². The van der Waals surface area contributed by atoms with E-state index in [1.165, 1.54) is 37.7 Å². The summed E-state index contributed by atoms with van der Waals surface area (Å²) in [5.41, 5.74) is 2.12. The predicted molar refractivity (Wildman–Crippen MR) is 66.8 cm³/mol. The predicted octanol–water partition coefficient (Wildman–Crippen LogP) is 4.81. The Morgan fingerprint density at radius 3 is 2.53 bits per heavy atom. The summed E-state index contributed by atoms with van der Waals surface area (Å²) in [6, 6.07) is 0. The lowest BCUT2D eigenvalue weighted by Gasteiger charge is -2.38. The van der Waals surface area contributed by atoms with Crippen LogP contribution in [0.4, 0.5) is 0 Å². The molecule has 2 aliphatic carbocycles. The Balaban J connectivity index is 1.95. The van der Waals surface area contributed by atoms with E-state index in [1.54, 1.807) is 0 Å². The summed E-state index contributed by atoms with van der Waals surface area (Å²) in [4.78, 5) is 0. The lowest BCUT2D eigenvalue weighted by atomic mass is 9.67. The first-order valence-electron chi connectivity index (χ1n) is 6.65. The monoisotopic (exact) mass is 206 g/mol. The van der Waals surface area contributed by atoms with Crippen molar-refractivity contribution in [3.63, 3.8) is 0 Å². The van der Waals surface area contributed by atoms with E-state index in [2.05, 4.69) is 33.8 Å². The first-order valence-corrected chi connectivity index (χ1v) is 6.65. The van der Waals surface area contributed by atoms with Gasteiger partial charge in [0.05, 0.1) is 0 Å². The fourth-order valence-corrected chi connectivity index (χ4v) is 4.13. The van der Waals surface area contributed by atoms with Crippen LogP contribution >= 0.6 is 0 Å². The van der Waals surface area contributed by atoms with E-state index in [9.17, 15) is 0 Å². The molecule has 0 saturated heterocycles. The Kier molecular flexibility index (Phi) is 2.96. The van der Waals surface area contributed by atoms with Crippen LogP contribution in [0.2, 0.25) is 0 Å². The van der Waals surface area contributed by atoms with Crippen LogP contribution in [-0.2, 0) is 0 Å². The van der Waals surface area contributed by atoms with Crippen molar-refractivity contribution in [3.8, 4) is 0 Å². The van der Waals surface area contributed by atoms with Crippen molar-refractivity contribution >= 4 is 0 Å². The second-order valence-electron chi connectivity index (χ2n) is 6.56. The second kappa shape index (κ2) is 3.96. The lowest BCUT2D eigenvalue weighted by Crippen LogP contribution is -2.30. The van der Waals surface area contributed by atoms with Gasteiger partial charge in [0.2, 0.25) is 0 Å². The van der Waals surface area contributed by atoms with E-state index in [0.717, 1.165) is 17.8 Å². The van der Waals surface area contributed by atoms with Crippen molar-refractivity contribution in [2.45, 2.75) is 59.8 Å². The molecular weight excluding hydrogens is 180 g/mol. The van der Waals surface area contributed by atoms with Crippen LogP contribution in [0.5, 0.6) is 0 Å². The maximum atomic E-state index is 2.52. The molecule has 0 radical (unpaired) electrons. The summed E-state index contributed by atoms with van der Waals surface area (Å²) < 4.78 is 0. The number of hydrogen-bond donors (Lipinski definition) is 0. The van der Waals surface area contributed by atoms with Crippen LogP contribution in [0.25, 0.3) is 0 Å². The van der Waals surface area contributed by atoms with Crippen molar-refractivity contribution in [1.82, 2.24) is 0 Å². The first kappa shape index (κ1) is 11.2. The molecule has 2 bridgehead atoms. The molecule has 0 aliphatic heterocycles. The Hall–Kier alpha value is -0.260. The zero-order valence-electron chi connectivity index (χ0n) is 10.8. The third kappa shape index (κ3) is 2.00. The molecular formula is C15H26. The molecule has 0 amide bonds. The normalized spacial score (nSPS) is 36.9. The van der Waals surface area contributed by atoms with Crippen molar-refractivity contribution in [1.29, 1.82) is 0 Å². The van der Waals surface area contributed by atoms with E-state index in [4.69, 9.17) is 0 Å². The molecule has 0 heteroatoms. The van der Waals surface area contributed by atoms with Crippen LogP contribution < -0.4 is 0 Å². The molecule has 0 spiro atoms. The minimum Gasteiger partial charge on any atom is -0.0859 e. The number of fused-ring (bicyclic) bond motifs is 2. The van der Waals surface area contributed by atoms with E-state index >= 15 is 0 Å². The van der Waals surface area contributed by atoms with Crippen molar-refractivity contribution in [2.75, 3.05) is 0 Å². The van der Waals surface area contributed by atoms with Gasteiger partial charge in [0.1, 0.15) is 0 Å². The standard InChI is InChI=1S/C15H26/c1-11(2)6-5-7-14-12-8-9-13(10-12)15(14,3)4/h6,12-14H,5,7-10H2,1-4H3/t12-,13+,14+/m0/s1. The van der Waals surface area contributed by atoms with Crippen LogP contribution in [0.15, 0.2) is 11.6 Å². The van der Waals surface area contributed by atoms with Crippen LogP contribution in [-0.4, -0.2) is 0 Å². The summed E-state index contributed by atoms with van der Waals surface area (Å²) in [7, 11) is 0. The highest BCUT2D eigenvalue weighted by atomic mass is 14.6. The molecule has 3 atom stereocenters. The number of hydrogen-bond acceptors (Lipinski definition) is 0. The Morgan fingerprint density at radius 1 is 1.27 bits per heavy atom.